The zero-order chi connectivity index (χ0) is 50.1. The first-order valence-corrected chi connectivity index (χ1v) is 26.9. The second-order valence-electron chi connectivity index (χ2n) is 20.7. The van der Waals surface area contributed by atoms with Crippen molar-refractivity contribution in [3.63, 3.8) is 0 Å². The van der Waals surface area contributed by atoms with Crippen molar-refractivity contribution in [3.05, 3.63) is 216 Å². The molecule has 0 amide bonds. The van der Waals surface area contributed by atoms with Gasteiger partial charge in [-0.1, -0.05) is 133 Å². The minimum Gasteiger partial charge on any atom is -0.309 e. The first kappa shape index (κ1) is 45.6. The predicted molar refractivity (Wildman–Crippen MR) is 303 cm³/mol. The number of hydrogen-bond acceptors (Lipinski definition) is 8. The minimum absolute atomic E-state index is 0.0553. The number of nitrogens with zero attached hydrogens (tertiary/aromatic N) is 2. The molecule has 10 heteroatoms. The smallest absolute Gasteiger partial charge is 0.105 e. The number of para-hydroxylation sites is 2. The Morgan fingerprint density at radius 1 is 0.289 bits per heavy atom. The van der Waals surface area contributed by atoms with Gasteiger partial charge in [0.2, 0.25) is 0 Å². The maximum Gasteiger partial charge on any atom is 0.105 e. The first-order valence-electron chi connectivity index (χ1n) is 26.9. The van der Waals surface area contributed by atoms with Crippen LogP contribution in [0.1, 0.15) is 72.4 Å². The fourth-order valence-corrected chi connectivity index (χ4v) is 12.4. The van der Waals surface area contributed by atoms with Gasteiger partial charge in [0.25, 0.3) is 0 Å². The van der Waals surface area contributed by atoms with Crippen molar-refractivity contribution >= 4 is 43.6 Å². The van der Waals surface area contributed by atoms with Crippen LogP contribution < -0.4 is 21.9 Å². The van der Waals surface area contributed by atoms with Gasteiger partial charge in [-0.3, -0.25) is 19.4 Å². The van der Waals surface area contributed by atoms with Crippen molar-refractivity contribution < 1.29 is 19.4 Å². The lowest BCUT2D eigenvalue weighted by atomic mass is 9.95. The third-order valence-electron chi connectivity index (χ3n) is 16.2. The van der Waals surface area contributed by atoms with Crippen LogP contribution in [0.15, 0.2) is 194 Å². The van der Waals surface area contributed by atoms with Gasteiger partial charge in [0, 0.05) is 59.1 Å². The van der Waals surface area contributed by atoms with Crippen molar-refractivity contribution in [2.45, 2.75) is 50.1 Å². The molecule has 0 aliphatic carbocycles. The molecule has 2 aromatic heterocycles. The van der Waals surface area contributed by atoms with E-state index in [4.69, 9.17) is 19.4 Å². The molecule has 10 nitrogen and oxygen atoms in total. The molecule has 4 aliphatic rings. The van der Waals surface area contributed by atoms with Gasteiger partial charge in [-0.25, -0.2) is 21.9 Å². The van der Waals surface area contributed by atoms with Crippen molar-refractivity contribution in [1.82, 2.24) is 31.1 Å². The zero-order valence-corrected chi connectivity index (χ0v) is 42.0. The molecular formula is C66H56N6O4. The van der Waals surface area contributed by atoms with E-state index in [1.54, 1.807) is 0 Å². The molecule has 76 heavy (non-hydrogen) atoms. The van der Waals surface area contributed by atoms with Crippen molar-refractivity contribution in [3.8, 4) is 55.9 Å². The van der Waals surface area contributed by atoms with Gasteiger partial charge in [-0.05, 0) is 153 Å². The Morgan fingerprint density at radius 3 is 0.855 bits per heavy atom. The molecule has 15 rings (SSSR count). The molecule has 4 aliphatic heterocycles. The molecule has 11 aromatic rings. The summed E-state index contributed by atoms with van der Waals surface area (Å²) in [4.78, 5) is 23.4. The van der Waals surface area contributed by atoms with Gasteiger partial charge in [-0.2, -0.15) is 0 Å². The summed E-state index contributed by atoms with van der Waals surface area (Å²) in [7, 11) is 0. The molecule has 4 N–H and O–H groups in total. The van der Waals surface area contributed by atoms with Gasteiger partial charge in [0.05, 0.1) is 22.1 Å². The van der Waals surface area contributed by atoms with E-state index in [1.807, 2.05) is 0 Å². The van der Waals surface area contributed by atoms with Crippen LogP contribution >= 0.6 is 0 Å². The van der Waals surface area contributed by atoms with Crippen LogP contribution in [0.2, 0.25) is 0 Å². The lowest BCUT2D eigenvalue weighted by Gasteiger charge is -2.16. The first-order chi connectivity index (χ1) is 37.6. The molecule has 4 atom stereocenters. The Labute approximate surface area is 440 Å². The Bertz CT molecular complexity index is 3540. The minimum atomic E-state index is 0.0553. The standard InChI is InChI=1S/C66H56N6O4/c1-3-7-57-55(5-1)65-59(71(57)53-37-49(41-9-17-45(18-10-41)61-27-31-67-73-61)35-50(38-53)42-11-19-46(20-12-42)62-28-32-68-74-62)25-26-60-66(65)56-6-2-4-8-58(56)72(60)54-39-51(43-13-21-47(22-14-43)63-29-33-69-75-63)36-52(40-54)44-15-23-48(24-16-44)64-30-34-70-76-64/h1-26,35-40,61-64,67-70H,27-34H2. The lowest BCUT2D eigenvalue weighted by Crippen LogP contribution is -2.04. The summed E-state index contributed by atoms with van der Waals surface area (Å²) in [5.74, 6) is 0. The average Bonchev–Trinajstić information content (AvgIpc) is 4.44. The molecule has 4 saturated heterocycles. The molecule has 0 spiro atoms. The predicted octanol–water partition coefficient (Wildman–Crippen LogP) is 14.4. The number of aromatic nitrogens is 2. The number of rotatable bonds is 10. The summed E-state index contributed by atoms with van der Waals surface area (Å²) in [6.45, 7) is 3.42. The molecule has 6 heterocycles. The highest BCUT2D eigenvalue weighted by molar-refractivity contribution is 6.29. The van der Waals surface area contributed by atoms with E-state index in [9.17, 15) is 0 Å². The molecule has 9 aromatic carbocycles. The van der Waals surface area contributed by atoms with Gasteiger partial charge in [-0.15, -0.1) is 0 Å². The van der Waals surface area contributed by atoms with Gasteiger partial charge in [0.1, 0.15) is 24.4 Å². The third-order valence-corrected chi connectivity index (χ3v) is 16.2. The third kappa shape index (κ3) is 8.05. The Morgan fingerprint density at radius 2 is 0.579 bits per heavy atom. The maximum absolute atomic E-state index is 5.85. The van der Waals surface area contributed by atoms with Crippen molar-refractivity contribution in [1.29, 1.82) is 0 Å². The molecule has 4 unspecified atom stereocenters. The van der Waals surface area contributed by atoms with E-state index in [-0.39, 0.29) is 24.4 Å². The molecular weight excluding hydrogens is 941 g/mol. The van der Waals surface area contributed by atoms with Crippen molar-refractivity contribution in [2.24, 2.45) is 0 Å². The molecule has 4 fully saturated rings. The fourth-order valence-electron chi connectivity index (χ4n) is 12.4. The molecule has 0 radical (unpaired) electrons. The summed E-state index contributed by atoms with van der Waals surface area (Å²) in [6.07, 6.45) is 4.04. The highest BCUT2D eigenvalue weighted by Crippen LogP contribution is 2.45. The number of benzene rings is 9. The molecule has 0 bridgehead atoms. The zero-order valence-electron chi connectivity index (χ0n) is 42.0. The second-order valence-corrected chi connectivity index (χ2v) is 20.7. The SMILES string of the molecule is c1ccc2c(c1)c1c3c4ccccc4n(-c4cc(-c5ccc(C6CCNO6)cc5)cc(-c5ccc(C6CCNO6)cc5)c4)c3ccc1n2-c1cc(-c2ccc(C3CCNO3)cc2)cc(-c2ccc(C3CCNO3)cc2)c1. The Kier molecular flexibility index (Phi) is 11.5. The molecule has 374 valence electrons. The van der Waals surface area contributed by atoms with E-state index in [2.05, 4.69) is 225 Å². The van der Waals surface area contributed by atoms with E-state index >= 15 is 0 Å². The van der Waals surface area contributed by atoms with Crippen LogP contribution in [-0.4, -0.2) is 35.3 Å². The van der Waals surface area contributed by atoms with E-state index < -0.39 is 0 Å². The Balaban J connectivity index is 0.913. The quantitative estimate of drug-likeness (QED) is 0.108. The number of hydroxylamine groups is 4. The number of hydrogen-bond donors (Lipinski definition) is 4. The highest BCUT2D eigenvalue weighted by Gasteiger charge is 2.25. The highest BCUT2D eigenvalue weighted by atomic mass is 16.7. The summed E-state index contributed by atoms with van der Waals surface area (Å²) < 4.78 is 4.96. The summed E-state index contributed by atoms with van der Waals surface area (Å²) in [5, 5.41) is 4.88. The topological polar surface area (TPSA) is 94.9 Å². The molecule has 0 saturated carbocycles. The van der Waals surface area contributed by atoms with Crippen LogP contribution in [0.5, 0.6) is 0 Å². The lowest BCUT2D eigenvalue weighted by molar-refractivity contribution is 0.0336. The summed E-state index contributed by atoms with van der Waals surface area (Å²) in [6, 6.07) is 72.3. The largest absolute Gasteiger partial charge is 0.309 e. The van der Waals surface area contributed by atoms with Crippen LogP contribution in [0.3, 0.4) is 0 Å². The number of nitrogens with one attached hydrogen (secondary N) is 4. The van der Waals surface area contributed by atoms with Crippen molar-refractivity contribution in [2.75, 3.05) is 26.2 Å². The van der Waals surface area contributed by atoms with Crippen LogP contribution in [0.4, 0.5) is 0 Å². The van der Waals surface area contributed by atoms with E-state index in [1.165, 1.54) is 43.8 Å². The normalized spacial score (nSPS) is 19.8. The van der Waals surface area contributed by atoms with E-state index in [0.29, 0.717) is 0 Å². The van der Waals surface area contributed by atoms with Gasteiger partial charge >= 0.3 is 0 Å². The van der Waals surface area contributed by atoms with Gasteiger partial charge in [0.15, 0.2) is 0 Å². The monoisotopic (exact) mass is 996 g/mol. The van der Waals surface area contributed by atoms with Crippen LogP contribution in [-0.2, 0) is 19.4 Å². The number of fused-ring (bicyclic) bond motifs is 7. The fraction of sp³-hybridized carbons (Fsp3) is 0.182. The van der Waals surface area contributed by atoms with Crippen LogP contribution in [0.25, 0.3) is 99.5 Å². The average molecular weight is 997 g/mol. The summed E-state index contributed by atoms with van der Waals surface area (Å²) >= 11 is 0. The van der Waals surface area contributed by atoms with Gasteiger partial charge < -0.3 is 9.13 Å². The Hall–Kier alpha value is -7.74. The maximum atomic E-state index is 5.85. The second kappa shape index (κ2) is 19.1. The van der Waals surface area contributed by atoms with Crippen LogP contribution in [0, 0.1) is 0 Å². The summed E-state index contributed by atoms with van der Waals surface area (Å²) in [5.41, 5.74) is 33.0. The van der Waals surface area contributed by atoms with E-state index in [0.717, 1.165) is 130 Å².